The normalized spacial score (nSPS) is 14.9. The Bertz CT molecular complexity index is 1030. The minimum absolute atomic E-state index is 0.0927. The van der Waals surface area contributed by atoms with E-state index in [0.29, 0.717) is 37.4 Å². The summed E-state index contributed by atoms with van der Waals surface area (Å²) in [6, 6.07) is 11.2. The van der Waals surface area contributed by atoms with Crippen LogP contribution in [0.3, 0.4) is 0 Å². The van der Waals surface area contributed by atoms with Gasteiger partial charge in [-0.25, -0.2) is 18.7 Å². The van der Waals surface area contributed by atoms with Crippen LogP contribution in [0.4, 0.5) is 14.7 Å². The van der Waals surface area contributed by atoms with Gasteiger partial charge in [0.1, 0.15) is 11.6 Å². The number of anilines is 1. The third kappa shape index (κ3) is 4.34. The number of rotatable bonds is 4. The molecule has 1 fully saturated rings. The first kappa shape index (κ1) is 19.2. The van der Waals surface area contributed by atoms with E-state index in [9.17, 15) is 13.6 Å². The maximum atomic E-state index is 13.3. The van der Waals surface area contributed by atoms with Crippen molar-refractivity contribution < 1.29 is 13.6 Å². The second-order valence-electron chi connectivity index (χ2n) is 7.38. The Morgan fingerprint density at radius 3 is 2.52 bits per heavy atom. The zero-order chi connectivity index (χ0) is 20.4. The van der Waals surface area contributed by atoms with E-state index in [2.05, 4.69) is 20.2 Å². The van der Waals surface area contributed by atoms with Crippen LogP contribution in [0.15, 0.2) is 42.5 Å². The molecular formula is C22H22F2N4O. The first-order valence-electron chi connectivity index (χ1n) is 9.70. The van der Waals surface area contributed by atoms with Crippen LogP contribution >= 0.6 is 0 Å². The number of nitrogens with one attached hydrogen (secondary N) is 1. The number of carbonyl (C=O) groups excluding carboxylic acids is 1. The van der Waals surface area contributed by atoms with Crippen molar-refractivity contribution in [2.45, 2.75) is 26.3 Å². The lowest BCUT2D eigenvalue weighted by atomic mass is 9.96. The van der Waals surface area contributed by atoms with Gasteiger partial charge in [0, 0.05) is 37.0 Å². The quantitative estimate of drug-likeness (QED) is 0.730. The standard InChI is InChI=1S/C22H22F2N4O/c1-14-19-4-2-3-5-20(19)27-22(26-14)28-8-6-16(7-9-28)21(29)25-13-15-10-17(23)12-18(24)11-15/h2-5,10-12,16H,6-9,13H2,1H3,(H,25,29). The lowest BCUT2D eigenvalue weighted by molar-refractivity contribution is -0.125. The Morgan fingerprint density at radius 2 is 1.79 bits per heavy atom. The van der Waals surface area contributed by atoms with Crippen molar-refractivity contribution in [3.05, 3.63) is 65.4 Å². The van der Waals surface area contributed by atoms with Crippen LogP contribution in [0.2, 0.25) is 0 Å². The number of amides is 1. The molecular weight excluding hydrogens is 374 g/mol. The van der Waals surface area contributed by atoms with E-state index in [4.69, 9.17) is 0 Å². The Kier molecular flexibility index (Phi) is 5.38. The molecule has 1 aliphatic rings. The minimum Gasteiger partial charge on any atom is -0.352 e. The van der Waals surface area contributed by atoms with E-state index < -0.39 is 11.6 Å². The van der Waals surface area contributed by atoms with Gasteiger partial charge in [-0.1, -0.05) is 18.2 Å². The highest BCUT2D eigenvalue weighted by Crippen LogP contribution is 2.24. The molecule has 5 nitrogen and oxygen atoms in total. The third-order valence-electron chi connectivity index (χ3n) is 5.32. The zero-order valence-corrected chi connectivity index (χ0v) is 16.2. The Hall–Kier alpha value is -3.09. The number of piperidine rings is 1. The average molecular weight is 396 g/mol. The molecule has 2 aromatic carbocycles. The third-order valence-corrected chi connectivity index (χ3v) is 5.32. The van der Waals surface area contributed by atoms with E-state index in [1.807, 2.05) is 31.2 Å². The summed E-state index contributed by atoms with van der Waals surface area (Å²) >= 11 is 0. The second-order valence-corrected chi connectivity index (χ2v) is 7.38. The molecule has 0 bridgehead atoms. The number of fused-ring (bicyclic) bond motifs is 1. The highest BCUT2D eigenvalue weighted by Gasteiger charge is 2.26. The summed E-state index contributed by atoms with van der Waals surface area (Å²) in [4.78, 5) is 23.9. The number of aryl methyl sites for hydroxylation is 1. The van der Waals surface area contributed by atoms with Crippen molar-refractivity contribution in [1.82, 2.24) is 15.3 Å². The van der Waals surface area contributed by atoms with Gasteiger partial charge in [0.05, 0.1) is 11.2 Å². The van der Waals surface area contributed by atoms with Crippen LogP contribution in [0.5, 0.6) is 0 Å². The van der Waals surface area contributed by atoms with Crippen LogP contribution in [-0.2, 0) is 11.3 Å². The summed E-state index contributed by atoms with van der Waals surface area (Å²) in [5.41, 5.74) is 2.26. The summed E-state index contributed by atoms with van der Waals surface area (Å²) in [5.74, 6) is -0.826. The number of nitrogens with zero attached hydrogens (tertiary/aromatic N) is 3. The summed E-state index contributed by atoms with van der Waals surface area (Å²) in [7, 11) is 0. The molecule has 1 saturated heterocycles. The Balaban J connectivity index is 1.36. The molecule has 0 radical (unpaired) electrons. The van der Waals surface area contributed by atoms with E-state index in [-0.39, 0.29) is 18.4 Å². The van der Waals surface area contributed by atoms with Crippen LogP contribution in [0, 0.1) is 24.5 Å². The van der Waals surface area contributed by atoms with Crippen molar-refractivity contribution in [3.8, 4) is 0 Å². The fraction of sp³-hybridized carbons (Fsp3) is 0.318. The molecule has 4 rings (SSSR count). The summed E-state index contributed by atoms with van der Waals surface area (Å²) in [6.45, 7) is 3.46. The molecule has 0 atom stereocenters. The first-order chi connectivity index (χ1) is 14.0. The maximum Gasteiger partial charge on any atom is 0.226 e. The van der Waals surface area contributed by atoms with E-state index in [1.165, 1.54) is 12.1 Å². The molecule has 150 valence electrons. The van der Waals surface area contributed by atoms with Crippen LogP contribution < -0.4 is 10.2 Å². The average Bonchev–Trinajstić information content (AvgIpc) is 2.71. The van der Waals surface area contributed by atoms with Gasteiger partial charge >= 0.3 is 0 Å². The SMILES string of the molecule is Cc1nc(N2CCC(C(=O)NCc3cc(F)cc(F)c3)CC2)nc2ccccc12. The highest BCUT2D eigenvalue weighted by atomic mass is 19.1. The van der Waals surface area contributed by atoms with Gasteiger partial charge in [0.25, 0.3) is 0 Å². The molecule has 1 amide bonds. The maximum absolute atomic E-state index is 13.3. The molecule has 0 unspecified atom stereocenters. The van der Waals surface area contributed by atoms with Gasteiger partial charge < -0.3 is 10.2 Å². The van der Waals surface area contributed by atoms with Crippen molar-refractivity contribution in [1.29, 1.82) is 0 Å². The number of halogens is 2. The van der Waals surface area contributed by atoms with Crippen molar-refractivity contribution in [2.24, 2.45) is 5.92 Å². The van der Waals surface area contributed by atoms with Gasteiger partial charge in [-0.05, 0) is 43.5 Å². The minimum atomic E-state index is -0.645. The molecule has 0 spiro atoms. The largest absolute Gasteiger partial charge is 0.352 e. The molecule has 3 aromatic rings. The molecule has 1 aromatic heterocycles. The number of aromatic nitrogens is 2. The summed E-state index contributed by atoms with van der Waals surface area (Å²) in [5, 5.41) is 3.83. The molecule has 7 heteroatoms. The van der Waals surface area contributed by atoms with Crippen LogP contribution in [0.25, 0.3) is 10.9 Å². The van der Waals surface area contributed by atoms with E-state index in [0.717, 1.165) is 22.7 Å². The van der Waals surface area contributed by atoms with Crippen molar-refractivity contribution in [3.63, 3.8) is 0 Å². The van der Waals surface area contributed by atoms with Crippen LogP contribution in [0.1, 0.15) is 24.1 Å². The molecule has 0 aliphatic carbocycles. The smallest absolute Gasteiger partial charge is 0.226 e. The highest BCUT2D eigenvalue weighted by molar-refractivity contribution is 5.82. The van der Waals surface area contributed by atoms with Gasteiger partial charge in [-0.15, -0.1) is 0 Å². The summed E-state index contributed by atoms with van der Waals surface area (Å²) < 4.78 is 26.5. The zero-order valence-electron chi connectivity index (χ0n) is 16.2. The topological polar surface area (TPSA) is 58.1 Å². The molecule has 1 aliphatic heterocycles. The van der Waals surface area contributed by atoms with E-state index in [1.54, 1.807) is 0 Å². The number of para-hydroxylation sites is 1. The number of carbonyl (C=O) groups is 1. The van der Waals surface area contributed by atoms with Crippen molar-refractivity contribution in [2.75, 3.05) is 18.0 Å². The predicted molar refractivity (Wildman–Crippen MR) is 107 cm³/mol. The first-order valence-corrected chi connectivity index (χ1v) is 9.70. The Labute approximate surface area is 167 Å². The molecule has 29 heavy (non-hydrogen) atoms. The Morgan fingerprint density at radius 1 is 1.10 bits per heavy atom. The number of hydrogen-bond donors (Lipinski definition) is 1. The number of benzene rings is 2. The lowest BCUT2D eigenvalue weighted by Crippen LogP contribution is -2.41. The fourth-order valence-electron chi connectivity index (χ4n) is 3.75. The molecule has 1 N–H and O–H groups in total. The summed E-state index contributed by atoms with van der Waals surface area (Å²) in [6.07, 6.45) is 1.36. The van der Waals surface area contributed by atoms with Gasteiger partial charge in [-0.2, -0.15) is 0 Å². The van der Waals surface area contributed by atoms with E-state index >= 15 is 0 Å². The van der Waals surface area contributed by atoms with Gasteiger partial charge in [-0.3, -0.25) is 4.79 Å². The predicted octanol–water partition coefficient (Wildman–Crippen LogP) is 3.75. The van der Waals surface area contributed by atoms with Crippen LogP contribution in [-0.4, -0.2) is 29.0 Å². The number of hydrogen-bond acceptors (Lipinski definition) is 4. The van der Waals surface area contributed by atoms with Gasteiger partial charge in [0.15, 0.2) is 0 Å². The van der Waals surface area contributed by atoms with Crippen molar-refractivity contribution >= 4 is 22.8 Å². The van der Waals surface area contributed by atoms with Gasteiger partial charge in [0.2, 0.25) is 11.9 Å². The monoisotopic (exact) mass is 396 g/mol. The fourth-order valence-corrected chi connectivity index (χ4v) is 3.75. The second kappa shape index (κ2) is 8.11. The molecule has 0 saturated carbocycles. The lowest BCUT2D eigenvalue weighted by Gasteiger charge is -2.31. The molecule has 2 heterocycles.